The van der Waals surface area contributed by atoms with E-state index < -0.39 is 0 Å². The van der Waals surface area contributed by atoms with Crippen LogP contribution in [0.5, 0.6) is 5.88 Å². The third-order valence-corrected chi connectivity index (χ3v) is 2.60. The van der Waals surface area contributed by atoms with Gasteiger partial charge in [-0.2, -0.15) is 0 Å². The molecule has 0 saturated heterocycles. The van der Waals surface area contributed by atoms with Crippen LogP contribution in [0.2, 0.25) is 0 Å². The molecule has 4 nitrogen and oxygen atoms in total. The minimum atomic E-state index is 0.0464. The first-order chi connectivity index (χ1) is 7.76. The van der Waals surface area contributed by atoms with E-state index in [4.69, 9.17) is 4.74 Å². The average molecular weight is 218 g/mol. The van der Waals surface area contributed by atoms with Gasteiger partial charge in [0.05, 0.1) is 18.1 Å². The van der Waals surface area contributed by atoms with Crippen molar-refractivity contribution in [2.24, 2.45) is 0 Å². The van der Waals surface area contributed by atoms with E-state index in [1.165, 1.54) is 0 Å². The third-order valence-electron chi connectivity index (χ3n) is 2.60. The summed E-state index contributed by atoms with van der Waals surface area (Å²) in [6.07, 6.45) is 1.73. The number of ether oxygens (including phenoxy) is 1. The van der Waals surface area contributed by atoms with Gasteiger partial charge in [-0.05, 0) is 17.7 Å². The van der Waals surface area contributed by atoms with Crippen molar-refractivity contribution in [2.45, 2.75) is 12.8 Å². The van der Waals surface area contributed by atoms with E-state index in [0.717, 1.165) is 16.6 Å². The van der Waals surface area contributed by atoms with Gasteiger partial charge < -0.3 is 9.84 Å². The Morgan fingerprint density at radius 1 is 1.38 bits per heavy atom. The third kappa shape index (κ3) is 1.84. The molecule has 0 unspecified atom stereocenters. The number of hydrogen-bond donors (Lipinski definition) is 1. The molecule has 0 amide bonds. The lowest BCUT2D eigenvalue weighted by atomic mass is 10.0. The number of nitrogens with zero attached hydrogens (tertiary/aromatic N) is 2. The predicted octanol–water partition coefficient (Wildman–Crippen LogP) is 1.73. The minimum Gasteiger partial charge on any atom is -0.481 e. The van der Waals surface area contributed by atoms with Crippen LogP contribution in [0.1, 0.15) is 18.4 Å². The molecule has 0 radical (unpaired) electrons. The summed E-state index contributed by atoms with van der Waals surface area (Å²) in [4.78, 5) is 8.60. The van der Waals surface area contributed by atoms with Crippen LogP contribution < -0.4 is 4.74 Å². The van der Waals surface area contributed by atoms with Crippen molar-refractivity contribution in [3.05, 3.63) is 30.0 Å². The first-order valence-corrected chi connectivity index (χ1v) is 5.16. The Morgan fingerprint density at radius 2 is 2.19 bits per heavy atom. The SMILES string of the molecule is COc1ccc2nccc([C@H](C)CO)c2n1. The smallest absolute Gasteiger partial charge is 0.213 e. The normalized spacial score (nSPS) is 12.7. The van der Waals surface area contributed by atoms with E-state index in [0.29, 0.717) is 5.88 Å². The maximum atomic E-state index is 9.19. The fourth-order valence-electron chi connectivity index (χ4n) is 1.64. The first kappa shape index (κ1) is 10.8. The van der Waals surface area contributed by atoms with E-state index in [-0.39, 0.29) is 12.5 Å². The van der Waals surface area contributed by atoms with E-state index in [1.807, 2.05) is 19.1 Å². The second-order valence-electron chi connectivity index (χ2n) is 3.71. The van der Waals surface area contributed by atoms with E-state index in [2.05, 4.69) is 9.97 Å². The van der Waals surface area contributed by atoms with Crippen LogP contribution in [0.3, 0.4) is 0 Å². The molecule has 2 aromatic rings. The molecule has 84 valence electrons. The second-order valence-corrected chi connectivity index (χ2v) is 3.71. The molecule has 0 aliphatic heterocycles. The Bertz CT molecular complexity index is 499. The van der Waals surface area contributed by atoms with Crippen LogP contribution in [0.15, 0.2) is 24.4 Å². The van der Waals surface area contributed by atoms with Gasteiger partial charge in [0.1, 0.15) is 0 Å². The Balaban J connectivity index is 2.64. The summed E-state index contributed by atoms with van der Waals surface area (Å²) in [6, 6.07) is 5.53. The van der Waals surface area contributed by atoms with Crippen molar-refractivity contribution < 1.29 is 9.84 Å². The lowest BCUT2D eigenvalue weighted by Crippen LogP contribution is -2.02. The van der Waals surface area contributed by atoms with E-state index >= 15 is 0 Å². The van der Waals surface area contributed by atoms with Gasteiger partial charge in [-0.15, -0.1) is 0 Å². The number of rotatable bonds is 3. The molecule has 0 aliphatic carbocycles. The maximum Gasteiger partial charge on any atom is 0.213 e. The molecule has 0 aliphatic rings. The number of fused-ring (bicyclic) bond motifs is 1. The van der Waals surface area contributed by atoms with Gasteiger partial charge in [0.2, 0.25) is 5.88 Å². The van der Waals surface area contributed by atoms with Crippen molar-refractivity contribution in [2.75, 3.05) is 13.7 Å². The fourth-order valence-corrected chi connectivity index (χ4v) is 1.64. The minimum absolute atomic E-state index is 0.0464. The molecule has 16 heavy (non-hydrogen) atoms. The summed E-state index contributed by atoms with van der Waals surface area (Å²) in [7, 11) is 1.58. The van der Waals surface area contributed by atoms with Crippen molar-refractivity contribution in [1.82, 2.24) is 9.97 Å². The van der Waals surface area contributed by atoms with Crippen molar-refractivity contribution in [1.29, 1.82) is 0 Å². The highest BCUT2D eigenvalue weighted by atomic mass is 16.5. The highest BCUT2D eigenvalue weighted by Crippen LogP contribution is 2.24. The number of pyridine rings is 2. The zero-order valence-corrected chi connectivity index (χ0v) is 9.34. The van der Waals surface area contributed by atoms with Gasteiger partial charge in [-0.3, -0.25) is 4.98 Å². The number of aliphatic hydroxyl groups excluding tert-OH is 1. The predicted molar refractivity (Wildman–Crippen MR) is 61.6 cm³/mol. The van der Waals surface area contributed by atoms with Crippen LogP contribution in [0, 0.1) is 0 Å². The standard InChI is InChI=1S/C12H14N2O2/c1-8(7-15)9-5-6-13-10-3-4-11(16-2)14-12(9)10/h3-6,8,15H,7H2,1-2H3/t8-/m1/s1. The molecule has 0 aromatic carbocycles. The lowest BCUT2D eigenvalue weighted by Gasteiger charge is -2.11. The quantitative estimate of drug-likeness (QED) is 0.852. The summed E-state index contributed by atoms with van der Waals surface area (Å²) in [5.74, 6) is 0.608. The first-order valence-electron chi connectivity index (χ1n) is 5.16. The molecule has 1 atom stereocenters. The summed E-state index contributed by atoms with van der Waals surface area (Å²) < 4.78 is 5.09. The molecule has 0 bridgehead atoms. The van der Waals surface area contributed by atoms with Crippen LogP contribution in [-0.4, -0.2) is 28.8 Å². The molecule has 0 saturated carbocycles. The molecule has 1 N–H and O–H groups in total. The van der Waals surface area contributed by atoms with Gasteiger partial charge in [0, 0.05) is 24.8 Å². The van der Waals surface area contributed by atoms with Gasteiger partial charge in [0.25, 0.3) is 0 Å². The Morgan fingerprint density at radius 3 is 2.88 bits per heavy atom. The molecule has 0 spiro atoms. The largest absolute Gasteiger partial charge is 0.481 e. The summed E-state index contributed by atoms with van der Waals surface area (Å²) in [5, 5.41) is 9.19. The fraction of sp³-hybridized carbons (Fsp3) is 0.333. The highest BCUT2D eigenvalue weighted by Gasteiger charge is 2.10. The lowest BCUT2D eigenvalue weighted by molar-refractivity contribution is 0.273. The zero-order valence-electron chi connectivity index (χ0n) is 9.34. The molecule has 2 aromatic heterocycles. The zero-order chi connectivity index (χ0) is 11.5. The Hall–Kier alpha value is -1.68. The van der Waals surface area contributed by atoms with Crippen molar-refractivity contribution in [3.8, 4) is 5.88 Å². The van der Waals surface area contributed by atoms with Gasteiger partial charge >= 0.3 is 0 Å². The number of hydrogen-bond acceptors (Lipinski definition) is 4. The van der Waals surface area contributed by atoms with Gasteiger partial charge in [-0.1, -0.05) is 6.92 Å². The van der Waals surface area contributed by atoms with Crippen LogP contribution in [-0.2, 0) is 0 Å². The summed E-state index contributed by atoms with van der Waals surface area (Å²) in [5.41, 5.74) is 2.61. The molecule has 4 heteroatoms. The molecule has 0 fully saturated rings. The molecular weight excluding hydrogens is 204 g/mol. The average Bonchev–Trinajstić information content (AvgIpc) is 2.36. The summed E-state index contributed by atoms with van der Waals surface area (Å²) in [6.45, 7) is 2.05. The molecule has 2 rings (SSSR count). The number of aliphatic hydroxyl groups is 1. The Kier molecular flexibility index (Phi) is 3.01. The monoisotopic (exact) mass is 218 g/mol. The van der Waals surface area contributed by atoms with Crippen LogP contribution in [0.25, 0.3) is 11.0 Å². The van der Waals surface area contributed by atoms with E-state index in [1.54, 1.807) is 19.4 Å². The van der Waals surface area contributed by atoms with Gasteiger partial charge in [0.15, 0.2) is 0 Å². The van der Waals surface area contributed by atoms with Crippen molar-refractivity contribution in [3.63, 3.8) is 0 Å². The van der Waals surface area contributed by atoms with E-state index in [9.17, 15) is 5.11 Å². The molecule has 2 heterocycles. The van der Waals surface area contributed by atoms with Crippen LogP contribution >= 0.6 is 0 Å². The maximum absolute atomic E-state index is 9.19. The van der Waals surface area contributed by atoms with Crippen LogP contribution in [0.4, 0.5) is 0 Å². The highest BCUT2D eigenvalue weighted by molar-refractivity contribution is 5.78. The Labute approximate surface area is 93.9 Å². The van der Waals surface area contributed by atoms with Crippen molar-refractivity contribution >= 4 is 11.0 Å². The number of aromatic nitrogens is 2. The number of methoxy groups -OCH3 is 1. The molecular formula is C12H14N2O2. The second kappa shape index (κ2) is 4.45. The topological polar surface area (TPSA) is 55.2 Å². The summed E-state index contributed by atoms with van der Waals surface area (Å²) >= 11 is 0. The van der Waals surface area contributed by atoms with Gasteiger partial charge in [-0.25, -0.2) is 4.98 Å².